The number of hydrogen-bond donors (Lipinski definition) is 0. The van der Waals surface area contributed by atoms with E-state index in [0.29, 0.717) is 6.61 Å². The predicted molar refractivity (Wildman–Crippen MR) is 96.6 cm³/mol. The molecule has 1 atom stereocenters. The molecule has 0 spiro atoms. The van der Waals surface area contributed by atoms with Crippen LogP contribution in [-0.4, -0.2) is 23.8 Å². The number of nitrogens with zero attached hydrogens (tertiary/aromatic N) is 1. The summed E-state index contributed by atoms with van der Waals surface area (Å²) < 4.78 is 6.49. The fourth-order valence-corrected chi connectivity index (χ4v) is 4.16. The van der Waals surface area contributed by atoms with Gasteiger partial charge in [0.05, 0.1) is 6.04 Å². The van der Waals surface area contributed by atoms with E-state index in [-0.39, 0.29) is 12.1 Å². The van der Waals surface area contributed by atoms with Crippen molar-refractivity contribution < 1.29 is 9.53 Å². The standard InChI is InChI=1S/C18H18BrNO2S/c1-20(18(21)22-12-13-5-3-2-4-6-13)16-9-10-23-17-8-7-14(19)11-15(16)17/h2-8,11,16H,9-10,12H2,1H3. The van der Waals surface area contributed by atoms with Crippen molar-refractivity contribution in [3.8, 4) is 0 Å². The number of amides is 1. The van der Waals surface area contributed by atoms with Gasteiger partial charge in [-0.2, -0.15) is 0 Å². The van der Waals surface area contributed by atoms with Crippen LogP contribution in [0.5, 0.6) is 0 Å². The van der Waals surface area contributed by atoms with Crippen LogP contribution < -0.4 is 0 Å². The average Bonchev–Trinajstić information content (AvgIpc) is 2.59. The van der Waals surface area contributed by atoms with E-state index < -0.39 is 0 Å². The number of carbonyl (C=O) groups is 1. The second-order valence-corrected chi connectivity index (χ2v) is 7.54. The average molecular weight is 392 g/mol. The first-order valence-electron chi connectivity index (χ1n) is 7.51. The molecule has 23 heavy (non-hydrogen) atoms. The molecule has 0 fully saturated rings. The minimum absolute atomic E-state index is 0.0621. The Hall–Kier alpha value is -1.46. The Morgan fingerprint density at radius 1 is 1.30 bits per heavy atom. The van der Waals surface area contributed by atoms with Crippen LogP contribution in [0, 0.1) is 0 Å². The monoisotopic (exact) mass is 391 g/mol. The fraction of sp³-hybridized carbons (Fsp3) is 0.278. The molecular weight excluding hydrogens is 374 g/mol. The molecule has 1 amide bonds. The summed E-state index contributed by atoms with van der Waals surface area (Å²) in [6.45, 7) is 0.302. The molecule has 1 unspecified atom stereocenters. The molecular formula is C18H18BrNO2S. The van der Waals surface area contributed by atoms with Crippen molar-refractivity contribution in [3.63, 3.8) is 0 Å². The Kier molecular flexibility index (Phi) is 5.28. The zero-order valence-corrected chi connectivity index (χ0v) is 15.3. The third kappa shape index (κ3) is 3.90. The van der Waals surface area contributed by atoms with Crippen molar-refractivity contribution in [2.24, 2.45) is 0 Å². The highest BCUT2D eigenvalue weighted by Crippen LogP contribution is 2.40. The summed E-state index contributed by atoms with van der Waals surface area (Å²) in [5, 5.41) is 0. The fourth-order valence-electron chi connectivity index (χ4n) is 2.70. The lowest BCUT2D eigenvalue weighted by Gasteiger charge is -2.32. The first-order chi connectivity index (χ1) is 11.1. The molecule has 0 aliphatic carbocycles. The second-order valence-electron chi connectivity index (χ2n) is 5.49. The van der Waals surface area contributed by atoms with Crippen molar-refractivity contribution in [2.45, 2.75) is 24.0 Å². The van der Waals surface area contributed by atoms with Crippen LogP contribution in [0.2, 0.25) is 0 Å². The minimum Gasteiger partial charge on any atom is -0.445 e. The predicted octanol–water partition coefficient (Wildman–Crippen LogP) is 5.25. The molecule has 1 aliphatic heterocycles. The van der Waals surface area contributed by atoms with Gasteiger partial charge in [-0.05, 0) is 35.7 Å². The van der Waals surface area contributed by atoms with Crippen LogP contribution in [0.4, 0.5) is 4.79 Å². The molecule has 0 saturated heterocycles. The summed E-state index contributed by atoms with van der Waals surface area (Å²) in [5.41, 5.74) is 2.19. The van der Waals surface area contributed by atoms with Crippen LogP contribution in [0.3, 0.4) is 0 Å². The molecule has 1 aliphatic rings. The number of benzene rings is 2. The Morgan fingerprint density at radius 2 is 2.09 bits per heavy atom. The largest absolute Gasteiger partial charge is 0.445 e. The molecule has 5 heteroatoms. The van der Waals surface area contributed by atoms with Crippen molar-refractivity contribution in [1.29, 1.82) is 0 Å². The van der Waals surface area contributed by atoms with E-state index in [1.807, 2.05) is 55.2 Å². The molecule has 3 rings (SSSR count). The smallest absolute Gasteiger partial charge is 0.410 e. The summed E-state index contributed by atoms with van der Waals surface area (Å²) in [7, 11) is 1.82. The van der Waals surface area contributed by atoms with E-state index in [1.165, 1.54) is 10.5 Å². The summed E-state index contributed by atoms with van der Waals surface area (Å²) in [6.07, 6.45) is 0.655. The van der Waals surface area contributed by atoms with Gasteiger partial charge in [-0.25, -0.2) is 4.79 Å². The molecule has 3 nitrogen and oxygen atoms in total. The lowest BCUT2D eigenvalue weighted by molar-refractivity contribution is 0.0895. The van der Waals surface area contributed by atoms with Crippen LogP contribution in [-0.2, 0) is 11.3 Å². The van der Waals surface area contributed by atoms with E-state index in [0.717, 1.165) is 22.2 Å². The quantitative estimate of drug-likeness (QED) is 0.714. The number of thioether (sulfide) groups is 1. The zero-order valence-electron chi connectivity index (χ0n) is 12.9. The number of halogens is 1. The summed E-state index contributed by atoms with van der Waals surface area (Å²) in [5.74, 6) is 1.01. The Morgan fingerprint density at radius 3 is 2.87 bits per heavy atom. The lowest BCUT2D eigenvalue weighted by Crippen LogP contribution is -2.33. The van der Waals surface area contributed by atoms with E-state index in [2.05, 4.69) is 28.1 Å². The molecule has 0 saturated carbocycles. The highest BCUT2D eigenvalue weighted by molar-refractivity contribution is 9.10. The summed E-state index contributed by atoms with van der Waals surface area (Å²) in [6, 6.07) is 16.1. The molecule has 1 heterocycles. The molecule has 0 aromatic heterocycles. The first kappa shape index (κ1) is 16.4. The van der Waals surface area contributed by atoms with E-state index in [4.69, 9.17) is 4.74 Å². The maximum absolute atomic E-state index is 12.4. The van der Waals surface area contributed by atoms with Gasteiger partial charge in [-0.3, -0.25) is 0 Å². The SMILES string of the molecule is CN(C(=O)OCc1ccccc1)C1CCSc2ccc(Br)cc21. The van der Waals surface area contributed by atoms with Gasteiger partial charge in [0.2, 0.25) is 0 Å². The van der Waals surface area contributed by atoms with Crippen LogP contribution >= 0.6 is 27.7 Å². The normalized spacial score (nSPS) is 16.5. The third-order valence-corrected chi connectivity index (χ3v) is 5.56. The number of carbonyl (C=O) groups excluding carboxylic acids is 1. The minimum atomic E-state index is -0.281. The summed E-state index contributed by atoms with van der Waals surface area (Å²) >= 11 is 5.36. The number of ether oxygens (including phenoxy) is 1. The second kappa shape index (κ2) is 7.41. The van der Waals surface area contributed by atoms with Gasteiger partial charge in [0.15, 0.2) is 0 Å². The van der Waals surface area contributed by atoms with Crippen LogP contribution in [0.1, 0.15) is 23.6 Å². The molecule has 0 N–H and O–H groups in total. The molecule has 0 radical (unpaired) electrons. The van der Waals surface area contributed by atoms with Gasteiger partial charge < -0.3 is 9.64 Å². The topological polar surface area (TPSA) is 29.5 Å². The lowest BCUT2D eigenvalue weighted by atomic mass is 10.0. The maximum Gasteiger partial charge on any atom is 0.410 e. The van der Waals surface area contributed by atoms with Crippen LogP contribution in [0.15, 0.2) is 57.9 Å². The van der Waals surface area contributed by atoms with Gasteiger partial charge in [0, 0.05) is 22.2 Å². The number of hydrogen-bond acceptors (Lipinski definition) is 3. The highest BCUT2D eigenvalue weighted by Gasteiger charge is 2.28. The first-order valence-corrected chi connectivity index (χ1v) is 9.29. The van der Waals surface area contributed by atoms with E-state index >= 15 is 0 Å². The van der Waals surface area contributed by atoms with Gasteiger partial charge in [0.25, 0.3) is 0 Å². The summed E-state index contributed by atoms with van der Waals surface area (Å²) in [4.78, 5) is 15.4. The van der Waals surface area contributed by atoms with Gasteiger partial charge in [0.1, 0.15) is 6.61 Å². The van der Waals surface area contributed by atoms with Gasteiger partial charge in [-0.15, -0.1) is 11.8 Å². The van der Waals surface area contributed by atoms with Crippen LogP contribution in [0.25, 0.3) is 0 Å². The van der Waals surface area contributed by atoms with Crippen molar-refractivity contribution >= 4 is 33.8 Å². The van der Waals surface area contributed by atoms with Gasteiger partial charge >= 0.3 is 6.09 Å². The Bertz CT molecular complexity index is 693. The van der Waals surface area contributed by atoms with Crippen molar-refractivity contribution in [3.05, 3.63) is 64.1 Å². The maximum atomic E-state index is 12.4. The highest BCUT2D eigenvalue weighted by atomic mass is 79.9. The Balaban J connectivity index is 1.70. The van der Waals surface area contributed by atoms with Crippen molar-refractivity contribution in [1.82, 2.24) is 4.90 Å². The third-order valence-electron chi connectivity index (χ3n) is 3.94. The van der Waals surface area contributed by atoms with E-state index in [1.54, 1.807) is 4.90 Å². The number of rotatable bonds is 3. The van der Waals surface area contributed by atoms with Gasteiger partial charge in [-0.1, -0.05) is 46.3 Å². The zero-order chi connectivity index (χ0) is 16.2. The molecule has 2 aromatic carbocycles. The van der Waals surface area contributed by atoms with Crippen molar-refractivity contribution in [2.75, 3.05) is 12.8 Å². The Labute approximate surface area is 149 Å². The number of fused-ring (bicyclic) bond motifs is 1. The molecule has 120 valence electrons. The molecule has 0 bridgehead atoms. The molecule has 2 aromatic rings. The van der Waals surface area contributed by atoms with E-state index in [9.17, 15) is 4.79 Å².